The van der Waals surface area contributed by atoms with Crippen molar-refractivity contribution in [3.63, 3.8) is 0 Å². The number of benzene rings is 3. The highest BCUT2D eigenvalue weighted by molar-refractivity contribution is 7.92. The summed E-state index contributed by atoms with van der Waals surface area (Å²) in [6, 6.07) is 16.3. The summed E-state index contributed by atoms with van der Waals surface area (Å²) in [5.74, 6) is 0.112. The third-order valence-electron chi connectivity index (χ3n) is 5.95. The van der Waals surface area contributed by atoms with E-state index in [4.69, 9.17) is 14.2 Å². The summed E-state index contributed by atoms with van der Waals surface area (Å²) < 4.78 is 47.1. The van der Waals surface area contributed by atoms with Crippen molar-refractivity contribution in [2.24, 2.45) is 4.99 Å². The van der Waals surface area contributed by atoms with Gasteiger partial charge in [0.15, 0.2) is 16.3 Å². The van der Waals surface area contributed by atoms with Gasteiger partial charge in [-0.15, -0.1) is 0 Å². The number of thiazole rings is 1. The normalized spacial score (nSPS) is 13.0. The summed E-state index contributed by atoms with van der Waals surface area (Å²) in [7, 11) is -3.94. The van der Waals surface area contributed by atoms with E-state index in [9.17, 15) is 18.0 Å². The maximum atomic E-state index is 13.4. The molecule has 5 rings (SSSR count). The number of hydrogen-bond acceptors (Lipinski definition) is 8. The average Bonchev–Trinajstić information content (AvgIpc) is 3.49. The fourth-order valence-corrected chi connectivity index (χ4v) is 6.17. The fraction of sp³-hybridized carbons (Fsp3) is 0.222. The summed E-state index contributed by atoms with van der Waals surface area (Å²) in [6.07, 6.45) is 0.0719. The number of carbonyl (C=O) groups excluding carboxylic acids is 2. The van der Waals surface area contributed by atoms with Gasteiger partial charge in [-0.05, 0) is 38.1 Å². The molecule has 0 spiro atoms. The average molecular weight is 568 g/mol. The third-order valence-corrected chi connectivity index (χ3v) is 8.37. The van der Waals surface area contributed by atoms with Gasteiger partial charge < -0.3 is 18.8 Å². The van der Waals surface area contributed by atoms with Crippen molar-refractivity contribution in [1.29, 1.82) is 0 Å². The molecule has 0 aliphatic carbocycles. The van der Waals surface area contributed by atoms with Gasteiger partial charge in [0.05, 0.1) is 39.4 Å². The maximum absolute atomic E-state index is 13.4. The van der Waals surface area contributed by atoms with E-state index in [1.54, 1.807) is 47.9 Å². The number of anilines is 1. The number of aromatic nitrogens is 1. The standard InChI is InChI=1S/C27H25N3O7S2/c1-3-35-25(31)12-13-30-21-14-22-23(37-16-36-22)15-24(21)38-27(30)28-26(32)19-6-4-5-7-20(19)29-39(33,34)18-10-8-17(2)9-11-18/h4-11,14-15,29H,3,12-13,16H2,1-2H3. The largest absolute Gasteiger partial charge is 0.466 e. The molecule has 0 fully saturated rings. The molecule has 1 aromatic heterocycles. The maximum Gasteiger partial charge on any atom is 0.307 e. The van der Waals surface area contributed by atoms with Crippen molar-refractivity contribution in [2.75, 3.05) is 18.1 Å². The second-order valence-electron chi connectivity index (χ2n) is 8.65. The molecule has 202 valence electrons. The highest BCUT2D eigenvalue weighted by Crippen LogP contribution is 2.37. The predicted octanol–water partition coefficient (Wildman–Crippen LogP) is 4.24. The van der Waals surface area contributed by atoms with E-state index in [0.29, 0.717) is 21.8 Å². The molecule has 0 bridgehead atoms. The van der Waals surface area contributed by atoms with Crippen molar-refractivity contribution in [3.8, 4) is 11.5 Å². The van der Waals surface area contributed by atoms with Gasteiger partial charge in [-0.25, -0.2) is 8.42 Å². The number of ether oxygens (including phenoxy) is 3. The molecule has 0 saturated carbocycles. The number of hydrogen-bond donors (Lipinski definition) is 1. The van der Waals surface area contributed by atoms with Gasteiger partial charge in [0.25, 0.3) is 15.9 Å². The molecule has 10 nitrogen and oxygen atoms in total. The molecule has 2 heterocycles. The second-order valence-corrected chi connectivity index (χ2v) is 11.3. The molecule has 1 aliphatic heterocycles. The molecule has 1 amide bonds. The van der Waals surface area contributed by atoms with Gasteiger partial charge in [-0.3, -0.25) is 14.3 Å². The number of carbonyl (C=O) groups is 2. The lowest BCUT2D eigenvalue weighted by molar-refractivity contribution is -0.143. The third kappa shape index (κ3) is 5.66. The molecule has 0 unspecified atom stereocenters. The first-order chi connectivity index (χ1) is 18.7. The minimum Gasteiger partial charge on any atom is -0.466 e. The van der Waals surface area contributed by atoms with Gasteiger partial charge in [0, 0.05) is 18.7 Å². The topological polar surface area (TPSA) is 125 Å². The van der Waals surface area contributed by atoms with Crippen molar-refractivity contribution in [3.05, 3.63) is 76.6 Å². The van der Waals surface area contributed by atoms with Gasteiger partial charge in [0.1, 0.15) is 0 Å². The predicted molar refractivity (Wildman–Crippen MR) is 146 cm³/mol. The van der Waals surface area contributed by atoms with Gasteiger partial charge >= 0.3 is 5.97 Å². The molecule has 0 saturated heterocycles. The first kappa shape index (κ1) is 26.4. The molecule has 0 atom stereocenters. The van der Waals surface area contributed by atoms with Crippen molar-refractivity contribution < 1.29 is 32.2 Å². The van der Waals surface area contributed by atoms with Crippen LogP contribution in [0.2, 0.25) is 0 Å². The van der Waals surface area contributed by atoms with E-state index < -0.39 is 15.9 Å². The SMILES string of the molecule is CCOC(=O)CCn1c(=NC(=O)c2ccccc2NS(=O)(=O)c2ccc(C)cc2)sc2cc3c(cc21)OCO3. The number of aryl methyl sites for hydroxylation is 2. The molecule has 3 aromatic carbocycles. The van der Waals surface area contributed by atoms with Crippen molar-refractivity contribution >= 4 is 49.1 Å². The summed E-state index contributed by atoms with van der Waals surface area (Å²) >= 11 is 1.24. The molecular weight excluding hydrogens is 542 g/mol. The summed E-state index contributed by atoms with van der Waals surface area (Å²) in [6.45, 7) is 4.18. The van der Waals surface area contributed by atoms with E-state index in [0.717, 1.165) is 10.3 Å². The van der Waals surface area contributed by atoms with Crippen LogP contribution >= 0.6 is 11.3 Å². The Morgan fingerprint density at radius 2 is 1.79 bits per heavy atom. The number of rotatable bonds is 8. The Labute approximate surface area is 228 Å². The minimum atomic E-state index is -3.94. The van der Waals surface area contributed by atoms with Crippen LogP contribution in [-0.4, -0.2) is 38.3 Å². The van der Waals surface area contributed by atoms with Crippen LogP contribution in [0.1, 0.15) is 29.3 Å². The first-order valence-corrected chi connectivity index (χ1v) is 14.4. The number of amides is 1. The van der Waals surface area contributed by atoms with Crippen LogP contribution in [0.15, 0.2) is 70.6 Å². The molecule has 1 N–H and O–H groups in total. The molecule has 12 heteroatoms. The van der Waals surface area contributed by atoms with Crippen LogP contribution in [-0.2, 0) is 26.1 Å². The zero-order valence-electron chi connectivity index (χ0n) is 21.2. The number of para-hydroxylation sites is 1. The van der Waals surface area contributed by atoms with E-state index in [1.165, 1.54) is 35.6 Å². The van der Waals surface area contributed by atoms with Gasteiger partial charge in [0.2, 0.25) is 6.79 Å². The quantitative estimate of drug-likeness (QED) is 0.316. The Kier molecular flexibility index (Phi) is 7.40. The van der Waals surface area contributed by atoms with E-state index in [1.807, 2.05) is 6.92 Å². The van der Waals surface area contributed by atoms with E-state index >= 15 is 0 Å². The zero-order valence-corrected chi connectivity index (χ0v) is 22.8. The molecule has 4 aromatic rings. The van der Waals surface area contributed by atoms with Crippen LogP contribution in [0.4, 0.5) is 5.69 Å². The Hall–Kier alpha value is -4.16. The van der Waals surface area contributed by atoms with Crippen LogP contribution in [0.25, 0.3) is 10.2 Å². The molecule has 39 heavy (non-hydrogen) atoms. The van der Waals surface area contributed by atoms with E-state index in [2.05, 4.69) is 9.71 Å². The summed E-state index contributed by atoms with van der Waals surface area (Å²) in [4.78, 5) is 30.3. The fourth-order valence-electron chi connectivity index (χ4n) is 4.02. The van der Waals surface area contributed by atoms with Gasteiger partial charge in [-0.2, -0.15) is 4.99 Å². The highest BCUT2D eigenvalue weighted by atomic mass is 32.2. The summed E-state index contributed by atoms with van der Waals surface area (Å²) in [5, 5.41) is 0. The highest BCUT2D eigenvalue weighted by Gasteiger charge is 2.21. The van der Waals surface area contributed by atoms with Crippen LogP contribution in [0.5, 0.6) is 11.5 Å². The first-order valence-electron chi connectivity index (χ1n) is 12.1. The summed E-state index contributed by atoms with van der Waals surface area (Å²) in [5.41, 5.74) is 1.82. The number of sulfonamides is 1. The molecule has 0 radical (unpaired) electrons. The molecule has 1 aliphatic rings. The van der Waals surface area contributed by atoms with Crippen LogP contribution in [0.3, 0.4) is 0 Å². The Morgan fingerprint density at radius 1 is 1.08 bits per heavy atom. The lowest BCUT2D eigenvalue weighted by atomic mass is 10.2. The lowest BCUT2D eigenvalue weighted by Crippen LogP contribution is -2.20. The van der Waals surface area contributed by atoms with Crippen LogP contribution in [0, 0.1) is 6.92 Å². The van der Waals surface area contributed by atoms with Crippen LogP contribution < -0.4 is 19.0 Å². The number of nitrogens with one attached hydrogen (secondary N) is 1. The monoisotopic (exact) mass is 567 g/mol. The smallest absolute Gasteiger partial charge is 0.307 e. The number of esters is 1. The van der Waals surface area contributed by atoms with Crippen molar-refractivity contribution in [2.45, 2.75) is 31.7 Å². The number of fused-ring (bicyclic) bond motifs is 2. The Balaban J connectivity index is 1.53. The zero-order chi connectivity index (χ0) is 27.6. The lowest BCUT2D eigenvalue weighted by Gasteiger charge is -2.11. The second kappa shape index (κ2) is 10.9. The molecular formula is C27H25N3O7S2. The Morgan fingerprint density at radius 3 is 2.54 bits per heavy atom. The van der Waals surface area contributed by atoms with Gasteiger partial charge in [-0.1, -0.05) is 41.2 Å². The minimum absolute atomic E-state index is 0.0719. The van der Waals surface area contributed by atoms with E-state index in [-0.39, 0.29) is 48.5 Å². The van der Waals surface area contributed by atoms with Crippen molar-refractivity contribution in [1.82, 2.24) is 4.57 Å². The number of nitrogens with zero attached hydrogens (tertiary/aromatic N) is 2. The Bertz CT molecular complexity index is 1740.